The van der Waals surface area contributed by atoms with E-state index in [-0.39, 0.29) is 11.9 Å². The minimum atomic E-state index is -0.155. The highest BCUT2D eigenvalue weighted by Crippen LogP contribution is 2.22. The van der Waals surface area contributed by atoms with E-state index in [0.29, 0.717) is 12.6 Å². The van der Waals surface area contributed by atoms with Crippen molar-refractivity contribution in [3.63, 3.8) is 0 Å². The summed E-state index contributed by atoms with van der Waals surface area (Å²) in [6, 6.07) is 5.60. The first-order valence-electron chi connectivity index (χ1n) is 5.83. The Morgan fingerprint density at radius 2 is 2.29 bits per heavy atom. The van der Waals surface area contributed by atoms with Crippen LogP contribution in [0.1, 0.15) is 18.9 Å². The third-order valence-electron chi connectivity index (χ3n) is 3.34. The van der Waals surface area contributed by atoms with Crippen molar-refractivity contribution in [2.75, 3.05) is 13.7 Å². The van der Waals surface area contributed by atoms with Crippen LogP contribution in [0.3, 0.4) is 0 Å². The summed E-state index contributed by atoms with van der Waals surface area (Å²) in [6.45, 7) is 3.50. The van der Waals surface area contributed by atoms with Crippen molar-refractivity contribution in [2.45, 2.75) is 32.0 Å². The average Bonchev–Trinajstić information content (AvgIpc) is 2.68. The molecule has 0 amide bonds. The van der Waals surface area contributed by atoms with Gasteiger partial charge < -0.3 is 4.74 Å². The van der Waals surface area contributed by atoms with E-state index < -0.39 is 0 Å². The van der Waals surface area contributed by atoms with Gasteiger partial charge in [0, 0.05) is 29.2 Å². The van der Waals surface area contributed by atoms with Crippen molar-refractivity contribution in [1.29, 1.82) is 0 Å². The number of nitrogens with zero attached hydrogens (tertiary/aromatic N) is 1. The molecule has 2 rings (SSSR count). The zero-order chi connectivity index (χ0) is 12.4. The molecule has 1 fully saturated rings. The number of rotatable bonds is 3. The van der Waals surface area contributed by atoms with Crippen LogP contribution < -0.4 is 0 Å². The fourth-order valence-corrected chi connectivity index (χ4v) is 2.67. The Labute approximate surface area is 110 Å². The van der Waals surface area contributed by atoms with Gasteiger partial charge in [-0.05, 0) is 32.5 Å². The van der Waals surface area contributed by atoms with E-state index in [2.05, 4.69) is 27.8 Å². The molecule has 0 radical (unpaired) electrons. The number of ether oxygens (including phenoxy) is 1. The van der Waals surface area contributed by atoms with Gasteiger partial charge in [-0.1, -0.05) is 22.0 Å². The van der Waals surface area contributed by atoms with E-state index in [0.717, 1.165) is 23.1 Å². The number of hydrogen-bond acceptors (Lipinski definition) is 2. The molecule has 0 bridgehead atoms. The van der Waals surface area contributed by atoms with Gasteiger partial charge in [0.15, 0.2) is 0 Å². The van der Waals surface area contributed by atoms with E-state index in [4.69, 9.17) is 4.74 Å². The van der Waals surface area contributed by atoms with Gasteiger partial charge in [-0.2, -0.15) is 0 Å². The fraction of sp³-hybridized carbons (Fsp3) is 0.538. The number of hydrogen-bond donors (Lipinski definition) is 0. The Balaban J connectivity index is 2.04. The van der Waals surface area contributed by atoms with E-state index >= 15 is 0 Å². The molecule has 0 aromatic heterocycles. The summed E-state index contributed by atoms with van der Waals surface area (Å²) in [7, 11) is 2.03. The van der Waals surface area contributed by atoms with E-state index in [1.54, 1.807) is 0 Å². The SMILES string of the molecule is CC1OCCC1N(C)Cc1ccc(Br)cc1F. The third kappa shape index (κ3) is 3.06. The van der Waals surface area contributed by atoms with Gasteiger partial charge in [-0.3, -0.25) is 4.90 Å². The topological polar surface area (TPSA) is 12.5 Å². The van der Waals surface area contributed by atoms with Crippen LogP contribution in [-0.4, -0.2) is 30.7 Å². The molecule has 1 aromatic carbocycles. The quantitative estimate of drug-likeness (QED) is 0.850. The lowest BCUT2D eigenvalue weighted by Crippen LogP contribution is -2.36. The van der Waals surface area contributed by atoms with Crippen molar-refractivity contribution in [1.82, 2.24) is 4.90 Å². The van der Waals surface area contributed by atoms with E-state index in [1.807, 2.05) is 19.2 Å². The van der Waals surface area contributed by atoms with Crippen molar-refractivity contribution in [3.8, 4) is 0 Å². The second-order valence-electron chi connectivity index (χ2n) is 4.58. The Morgan fingerprint density at radius 1 is 1.53 bits per heavy atom. The molecule has 1 heterocycles. The number of benzene rings is 1. The second-order valence-corrected chi connectivity index (χ2v) is 5.50. The van der Waals surface area contributed by atoms with E-state index in [1.165, 1.54) is 6.07 Å². The van der Waals surface area contributed by atoms with Crippen LogP contribution in [0, 0.1) is 5.82 Å². The van der Waals surface area contributed by atoms with Crippen molar-refractivity contribution in [3.05, 3.63) is 34.1 Å². The van der Waals surface area contributed by atoms with Crippen LogP contribution in [0.5, 0.6) is 0 Å². The molecule has 94 valence electrons. The van der Waals surface area contributed by atoms with E-state index in [9.17, 15) is 4.39 Å². The van der Waals surface area contributed by atoms with Crippen molar-refractivity contribution in [2.24, 2.45) is 0 Å². The first-order chi connectivity index (χ1) is 8.08. The molecule has 17 heavy (non-hydrogen) atoms. The molecule has 1 aromatic rings. The molecule has 4 heteroatoms. The molecule has 2 nitrogen and oxygen atoms in total. The number of likely N-dealkylation sites (N-methyl/N-ethyl adjacent to an activating group) is 1. The largest absolute Gasteiger partial charge is 0.377 e. The van der Waals surface area contributed by atoms with Gasteiger partial charge in [0.25, 0.3) is 0 Å². The maximum atomic E-state index is 13.7. The Morgan fingerprint density at radius 3 is 2.88 bits per heavy atom. The molecule has 1 aliphatic heterocycles. The summed E-state index contributed by atoms with van der Waals surface area (Å²) in [4.78, 5) is 2.17. The molecule has 0 N–H and O–H groups in total. The van der Waals surface area contributed by atoms with Gasteiger partial charge >= 0.3 is 0 Å². The van der Waals surface area contributed by atoms with Gasteiger partial charge in [0.1, 0.15) is 5.82 Å². The minimum absolute atomic E-state index is 0.155. The van der Waals surface area contributed by atoms with Crippen LogP contribution in [0.15, 0.2) is 22.7 Å². The first kappa shape index (κ1) is 13.0. The smallest absolute Gasteiger partial charge is 0.128 e. The summed E-state index contributed by atoms with van der Waals surface area (Å²) in [6.07, 6.45) is 1.26. The Kier molecular flexibility index (Phi) is 4.17. The standard InChI is InChI=1S/C13H17BrFNO/c1-9-13(5-6-17-9)16(2)8-10-3-4-11(14)7-12(10)15/h3-4,7,9,13H,5-6,8H2,1-2H3. The number of halogens is 2. The lowest BCUT2D eigenvalue weighted by atomic mass is 10.1. The molecule has 2 unspecified atom stereocenters. The second kappa shape index (κ2) is 5.46. The van der Waals surface area contributed by atoms with Gasteiger partial charge in [0.05, 0.1) is 6.10 Å². The van der Waals surface area contributed by atoms with Gasteiger partial charge in [-0.25, -0.2) is 4.39 Å². The summed E-state index contributed by atoms with van der Waals surface area (Å²) in [5.74, 6) is -0.155. The van der Waals surface area contributed by atoms with Crippen LogP contribution in [-0.2, 0) is 11.3 Å². The summed E-state index contributed by atoms with van der Waals surface area (Å²) in [5, 5.41) is 0. The predicted octanol–water partition coefficient (Wildman–Crippen LogP) is 3.20. The van der Waals surface area contributed by atoms with Crippen LogP contribution in [0.25, 0.3) is 0 Å². The summed E-state index contributed by atoms with van der Waals surface area (Å²) < 4.78 is 20.0. The first-order valence-corrected chi connectivity index (χ1v) is 6.63. The highest BCUT2D eigenvalue weighted by molar-refractivity contribution is 9.10. The summed E-state index contributed by atoms with van der Waals surface area (Å²) >= 11 is 3.26. The van der Waals surface area contributed by atoms with Crippen molar-refractivity contribution < 1.29 is 9.13 Å². The maximum Gasteiger partial charge on any atom is 0.128 e. The van der Waals surface area contributed by atoms with Crippen LogP contribution >= 0.6 is 15.9 Å². The minimum Gasteiger partial charge on any atom is -0.377 e. The Bertz CT molecular complexity index is 399. The highest BCUT2D eigenvalue weighted by atomic mass is 79.9. The molecular formula is C13H17BrFNO. The molecule has 2 atom stereocenters. The lowest BCUT2D eigenvalue weighted by Gasteiger charge is -2.26. The third-order valence-corrected chi connectivity index (χ3v) is 3.83. The average molecular weight is 302 g/mol. The predicted molar refractivity (Wildman–Crippen MR) is 69.4 cm³/mol. The molecule has 0 spiro atoms. The highest BCUT2D eigenvalue weighted by Gasteiger charge is 2.28. The molecule has 0 saturated carbocycles. The maximum absolute atomic E-state index is 13.7. The van der Waals surface area contributed by atoms with Gasteiger partial charge in [0.2, 0.25) is 0 Å². The molecule has 1 saturated heterocycles. The molecule has 1 aliphatic rings. The normalized spacial score (nSPS) is 24.5. The van der Waals surface area contributed by atoms with Crippen molar-refractivity contribution >= 4 is 15.9 Å². The van der Waals surface area contributed by atoms with Crippen LogP contribution in [0.4, 0.5) is 4.39 Å². The molecular weight excluding hydrogens is 285 g/mol. The van der Waals surface area contributed by atoms with Gasteiger partial charge in [-0.15, -0.1) is 0 Å². The molecule has 0 aliphatic carbocycles. The van der Waals surface area contributed by atoms with Crippen LogP contribution in [0.2, 0.25) is 0 Å². The Hall–Kier alpha value is -0.450. The summed E-state index contributed by atoms with van der Waals surface area (Å²) in [5.41, 5.74) is 0.731. The zero-order valence-electron chi connectivity index (χ0n) is 10.1. The lowest BCUT2D eigenvalue weighted by molar-refractivity contribution is 0.0811. The monoisotopic (exact) mass is 301 g/mol. The zero-order valence-corrected chi connectivity index (χ0v) is 11.7. The fourth-order valence-electron chi connectivity index (χ4n) is 2.34.